The van der Waals surface area contributed by atoms with Crippen LogP contribution in [0.25, 0.3) is 0 Å². The van der Waals surface area contributed by atoms with Crippen molar-refractivity contribution in [2.75, 3.05) is 26.7 Å². The van der Waals surface area contributed by atoms with E-state index in [4.69, 9.17) is 0 Å². The van der Waals surface area contributed by atoms with Gasteiger partial charge in [-0.1, -0.05) is 27.7 Å². The zero-order valence-corrected chi connectivity index (χ0v) is 11.5. The molecule has 0 radical (unpaired) electrons. The second-order valence-corrected chi connectivity index (χ2v) is 5.67. The molecular weight excluding hydrogens is 198 g/mol. The van der Waals surface area contributed by atoms with Crippen LogP contribution in [0, 0.1) is 17.8 Å². The summed E-state index contributed by atoms with van der Waals surface area (Å²) >= 11 is 0. The topological polar surface area (TPSA) is 27.6 Å². The van der Waals surface area contributed by atoms with Gasteiger partial charge in [0.05, 0.1) is 0 Å². The molecule has 1 saturated heterocycles. The van der Waals surface area contributed by atoms with E-state index in [1.807, 2.05) is 7.05 Å². The van der Waals surface area contributed by atoms with Gasteiger partial charge >= 0.3 is 0 Å². The van der Waals surface area contributed by atoms with E-state index in [9.17, 15) is 0 Å². The molecule has 0 aliphatic carbocycles. The van der Waals surface area contributed by atoms with Crippen LogP contribution in [0.4, 0.5) is 0 Å². The lowest BCUT2D eigenvalue weighted by Gasteiger charge is -2.37. The van der Waals surface area contributed by atoms with Crippen molar-refractivity contribution >= 4 is 5.96 Å². The highest BCUT2D eigenvalue weighted by Gasteiger charge is 2.23. The van der Waals surface area contributed by atoms with Crippen molar-refractivity contribution in [3.63, 3.8) is 0 Å². The summed E-state index contributed by atoms with van der Waals surface area (Å²) in [6.07, 6.45) is 1.34. The highest BCUT2D eigenvalue weighted by Crippen LogP contribution is 2.20. The van der Waals surface area contributed by atoms with Gasteiger partial charge in [0.1, 0.15) is 0 Å². The third kappa shape index (κ3) is 4.03. The predicted molar refractivity (Wildman–Crippen MR) is 70.7 cm³/mol. The minimum Gasteiger partial charge on any atom is -0.356 e. The van der Waals surface area contributed by atoms with Gasteiger partial charge in [0.25, 0.3) is 0 Å². The van der Waals surface area contributed by atoms with Gasteiger partial charge in [-0.25, -0.2) is 0 Å². The fourth-order valence-corrected chi connectivity index (χ4v) is 2.46. The Balaban J connectivity index is 2.52. The van der Waals surface area contributed by atoms with E-state index < -0.39 is 0 Å². The van der Waals surface area contributed by atoms with E-state index in [1.165, 1.54) is 6.42 Å². The van der Waals surface area contributed by atoms with Gasteiger partial charge in [-0.05, 0) is 24.2 Å². The summed E-state index contributed by atoms with van der Waals surface area (Å²) in [6.45, 7) is 12.4. The highest BCUT2D eigenvalue weighted by molar-refractivity contribution is 5.80. The molecule has 0 aromatic carbocycles. The standard InChI is InChI=1S/C13H27N3/c1-10(2)7-15-13(14-5)16-8-11(3)6-12(4)9-16/h10-12H,6-9H2,1-5H3,(H,14,15). The van der Waals surface area contributed by atoms with E-state index in [0.717, 1.165) is 37.4 Å². The first-order chi connectivity index (χ1) is 7.52. The summed E-state index contributed by atoms with van der Waals surface area (Å²) in [4.78, 5) is 6.79. The van der Waals surface area contributed by atoms with Crippen molar-refractivity contribution in [2.24, 2.45) is 22.7 Å². The second-order valence-electron chi connectivity index (χ2n) is 5.67. The van der Waals surface area contributed by atoms with E-state index in [0.29, 0.717) is 5.92 Å². The lowest BCUT2D eigenvalue weighted by molar-refractivity contribution is 0.208. The molecule has 3 heteroatoms. The summed E-state index contributed by atoms with van der Waals surface area (Å²) in [5.74, 6) is 3.30. The largest absolute Gasteiger partial charge is 0.356 e. The van der Waals surface area contributed by atoms with Gasteiger partial charge in [0.15, 0.2) is 5.96 Å². The molecule has 0 bridgehead atoms. The van der Waals surface area contributed by atoms with Gasteiger partial charge in [-0.2, -0.15) is 0 Å². The molecule has 1 N–H and O–H groups in total. The van der Waals surface area contributed by atoms with Crippen LogP contribution in [0.1, 0.15) is 34.1 Å². The lowest BCUT2D eigenvalue weighted by Crippen LogP contribution is -2.49. The first-order valence-corrected chi connectivity index (χ1v) is 6.48. The van der Waals surface area contributed by atoms with Crippen molar-refractivity contribution in [1.29, 1.82) is 0 Å². The number of hydrogen-bond donors (Lipinski definition) is 1. The van der Waals surface area contributed by atoms with E-state index in [-0.39, 0.29) is 0 Å². The summed E-state index contributed by atoms with van der Waals surface area (Å²) in [5, 5.41) is 3.46. The fourth-order valence-electron chi connectivity index (χ4n) is 2.46. The summed E-state index contributed by atoms with van der Waals surface area (Å²) < 4.78 is 0. The molecular formula is C13H27N3. The normalized spacial score (nSPS) is 27.4. The van der Waals surface area contributed by atoms with Crippen LogP contribution in [0.3, 0.4) is 0 Å². The monoisotopic (exact) mass is 225 g/mol. The third-order valence-electron chi connectivity index (χ3n) is 3.05. The van der Waals surface area contributed by atoms with Crippen molar-refractivity contribution in [1.82, 2.24) is 10.2 Å². The third-order valence-corrected chi connectivity index (χ3v) is 3.05. The van der Waals surface area contributed by atoms with Crippen LogP contribution in [0.5, 0.6) is 0 Å². The molecule has 2 atom stereocenters. The number of piperidine rings is 1. The molecule has 0 aromatic rings. The van der Waals surface area contributed by atoms with E-state index >= 15 is 0 Å². The van der Waals surface area contributed by atoms with E-state index in [1.54, 1.807) is 0 Å². The molecule has 0 amide bonds. The average molecular weight is 225 g/mol. The first-order valence-electron chi connectivity index (χ1n) is 6.48. The smallest absolute Gasteiger partial charge is 0.193 e. The summed E-state index contributed by atoms with van der Waals surface area (Å²) in [7, 11) is 1.88. The summed E-state index contributed by atoms with van der Waals surface area (Å²) in [6, 6.07) is 0. The number of guanidine groups is 1. The maximum atomic E-state index is 4.38. The van der Waals surface area contributed by atoms with Crippen molar-refractivity contribution in [3.05, 3.63) is 0 Å². The fraction of sp³-hybridized carbons (Fsp3) is 0.923. The quantitative estimate of drug-likeness (QED) is 0.576. The number of hydrogen-bond acceptors (Lipinski definition) is 1. The number of nitrogens with one attached hydrogen (secondary N) is 1. The zero-order chi connectivity index (χ0) is 12.1. The lowest BCUT2D eigenvalue weighted by atomic mass is 9.92. The Labute approximate surface area is 100 Å². The Kier molecular flexibility index (Phi) is 5.10. The first kappa shape index (κ1) is 13.3. The Bertz CT molecular complexity index is 225. The molecule has 94 valence electrons. The maximum absolute atomic E-state index is 4.38. The Morgan fingerprint density at radius 2 is 1.88 bits per heavy atom. The van der Waals surface area contributed by atoms with Gasteiger partial charge in [0.2, 0.25) is 0 Å². The van der Waals surface area contributed by atoms with Crippen LogP contribution in [-0.4, -0.2) is 37.5 Å². The van der Waals surface area contributed by atoms with Crippen molar-refractivity contribution in [3.8, 4) is 0 Å². The SMILES string of the molecule is CN=C(NCC(C)C)N1CC(C)CC(C)C1. The molecule has 3 nitrogen and oxygen atoms in total. The second kappa shape index (κ2) is 6.12. The molecule has 1 heterocycles. The van der Waals surface area contributed by atoms with E-state index in [2.05, 4.69) is 42.9 Å². The summed E-state index contributed by atoms with van der Waals surface area (Å²) in [5.41, 5.74) is 0. The van der Waals surface area contributed by atoms with Crippen molar-refractivity contribution < 1.29 is 0 Å². The minimum atomic E-state index is 0.663. The molecule has 16 heavy (non-hydrogen) atoms. The van der Waals surface area contributed by atoms with Gasteiger partial charge in [-0.15, -0.1) is 0 Å². The molecule has 0 aromatic heterocycles. The van der Waals surface area contributed by atoms with Crippen LogP contribution in [0.2, 0.25) is 0 Å². The van der Waals surface area contributed by atoms with Gasteiger partial charge < -0.3 is 10.2 Å². The van der Waals surface area contributed by atoms with Crippen LogP contribution in [-0.2, 0) is 0 Å². The predicted octanol–water partition coefficient (Wildman–Crippen LogP) is 2.20. The molecule has 0 spiro atoms. The highest BCUT2D eigenvalue weighted by atomic mass is 15.3. The zero-order valence-electron chi connectivity index (χ0n) is 11.5. The Hall–Kier alpha value is -0.730. The van der Waals surface area contributed by atoms with Crippen molar-refractivity contribution in [2.45, 2.75) is 34.1 Å². The van der Waals surface area contributed by atoms with Crippen LogP contribution >= 0.6 is 0 Å². The van der Waals surface area contributed by atoms with Gasteiger partial charge in [0, 0.05) is 26.7 Å². The number of nitrogens with zero attached hydrogens (tertiary/aromatic N) is 2. The van der Waals surface area contributed by atoms with Gasteiger partial charge in [-0.3, -0.25) is 4.99 Å². The molecule has 1 fully saturated rings. The number of rotatable bonds is 2. The Morgan fingerprint density at radius 1 is 1.31 bits per heavy atom. The van der Waals surface area contributed by atoms with Crippen LogP contribution < -0.4 is 5.32 Å². The molecule has 1 aliphatic heterocycles. The molecule has 0 saturated carbocycles. The molecule has 1 aliphatic rings. The average Bonchev–Trinajstić information content (AvgIpc) is 2.16. The molecule has 1 rings (SSSR count). The van der Waals surface area contributed by atoms with Crippen LogP contribution in [0.15, 0.2) is 4.99 Å². The maximum Gasteiger partial charge on any atom is 0.193 e. The number of aliphatic imine (C=N–C) groups is 1. The number of likely N-dealkylation sites (tertiary alicyclic amines) is 1. The minimum absolute atomic E-state index is 0.663. The Morgan fingerprint density at radius 3 is 2.31 bits per heavy atom. The molecule has 2 unspecified atom stereocenters.